The van der Waals surface area contributed by atoms with Crippen molar-refractivity contribution in [3.63, 3.8) is 0 Å². The van der Waals surface area contributed by atoms with Crippen LogP contribution in [0.1, 0.15) is 39.0 Å². The van der Waals surface area contributed by atoms with Crippen molar-refractivity contribution in [2.75, 3.05) is 26.2 Å². The first-order valence-electron chi connectivity index (χ1n) is 5.91. The van der Waals surface area contributed by atoms with Gasteiger partial charge >= 0.3 is 0 Å². The van der Waals surface area contributed by atoms with Crippen LogP contribution < -0.4 is 10.6 Å². The summed E-state index contributed by atoms with van der Waals surface area (Å²) >= 11 is 0. The molecule has 0 radical (unpaired) electrons. The van der Waals surface area contributed by atoms with E-state index in [1.807, 2.05) is 0 Å². The molecule has 0 amide bonds. The zero-order valence-electron chi connectivity index (χ0n) is 9.31. The van der Waals surface area contributed by atoms with Gasteiger partial charge in [0.1, 0.15) is 0 Å². The van der Waals surface area contributed by atoms with Crippen LogP contribution in [0.5, 0.6) is 0 Å². The maximum Gasteiger partial charge on any atom is 0.0795 e. The highest BCUT2D eigenvalue weighted by Gasteiger charge is 2.28. The van der Waals surface area contributed by atoms with Crippen LogP contribution in [0.25, 0.3) is 0 Å². The number of piperidine rings is 1. The molecule has 14 heavy (non-hydrogen) atoms. The average Bonchev–Trinajstić information content (AvgIpc) is 2.18. The van der Waals surface area contributed by atoms with E-state index in [0.29, 0.717) is 0 Å². The van der Waals surface area contributed by atoms with Gasteiger partial charge in [-0.2, -0.15) is 0 Å². The molecule has 1 aliphatic rings. The lowest BCUT2D eigenvalue weighted by atomic mass is 9.92. The minimum Gasteiger partial charge on any atom is -0.388 e. The summed E-state index contributed by atoms with van der Waals surface area (Å²) in [6.45, 7) is 5.92. The summed E-state index contributed by atoms with van der Waals surface area (Å²) in [5, 5.41) is 16.7. The third kappa shape index (κ3) is 4.40. The molecule has 0 aromatic heterocycles. The maximum atomic E-state index is 10.1. The fourth-order valence-corrected chi connectivity index (χ4v) is 1.89. The molecular weight excluding hydrogens is 176 g/mol. The second-order valence-electron chi connectivity index (χ2n) is 4.36. The van der Waals surface area contributed by atoms with Gasteiger partial charge in [0.15, 0.2) is 0 Å². The van der Waals surface area contributed by atoms with E-state index >= 15 is 0 Å². The molecule has 0 aromatic rings. The molecule has 1 aliphatic heterocycles. The third-order valence-corrected chi connectivity index (χ3v) is 2.95. The predicted octanol–water partition coefficient (Wildman–Crippen LogP) is 0.881. The van der Waals surface area contributed by atoms with Crippen LogP contribution in [0.2, 0.25) is 0 Å². The predicted molar refractivity (Wildman–Crippen MR) is 59.4 cm³/mol. The van der Waals surface area contributed by atoms with Crippen LogP contribution in [0, 0.1) is 0 Å². The number of rotatable bonds is 6. The largest absolute Gasteiger partial charge is 0.388 e. The van der Waals surface area contributed by atoms with Gasteiger partial charge in [-0.1, -0.05) is 19.8 Å². The smallest absolute Gasteiger partial charge is 0.0795 e. The molecule has 1 saturated heterocycles. The Bertz CT molecular complexity index is 144. The first kappa shape index (κ1) is 12.0. The Hall–Kier alpha value is -0.120. The van der Waals surface area contributed by atoms with Gasteiger partial charge in [-0.3, -0.25) is 0 Å². The topological polar surface area (TPSA) is 44.3 Å². The summed E-state index contributed by atoms with van der Waals surface area (Å²) in [5.74, 6) is 0. The molecule has 0 unspecified atom stereocenters. The van der Waals surface area contributed by atoms with Crippen LogP contribution >= 0.6 is 0 Å². The molecule has 0 atom stereocenters. The molecule has 3 nitrogen and oxygen atoms in total. The van der Waals surface area contributed by atoms with E-state index < -0.39 is 5.60 Å². The lowest BCUT2D eigenvalue weighted by Crippen LogP contribution is -2.48. The highest BCUT2D eigenvalue weighted by atomic mass is 16.3. The quantitative estimate of drug-likeness (QED) is 0.558. The van der Waals surface area contributed by atoms with Gasteiger partial charge in [0, 0.05) is 6.54 Å². The zero-order chi connectivity index (χ0) is 10.3. The summed E-state index contributed by atoms with van der Waals surface area (Å²) in [7, 11) is 0. The number of aliphatic hydroxyl groups is 1. The van der Waals surface area contributed by atoms with Gasteiger partial charge in [0.05, 0.1) is 5.60 Å². The molecule has 1 rings (SSSR count). The van der Waals surface area contributed by atoms with Crippen molar-refractivity contribution in [3.8, 4) is 0 Å². The van der Waals surface area contributed by atoms with E-state index in [1.165, 1.54) is 19.3 Å². The maximum absolute atomic E-state index is 10.1. The van der Waals surface area contributed by atoms with E-state index in [-0.39, 0.29) is 0 Å². The molecule has 0 aliphatic carbocycles. The van der Waals surface area contributed by atoms with Crippen molar-refractivity contribution in [2.45, 2.75) is 44.6 Å². The Balaban J connectivity index is 2.03. The molecule has 0 saturated carbocycles. The van der Waals surface area contributed by atoms with Crippen molar-refractivity contribution in [3.05, 3.63) is 0 Å². The fourth-order valence-electron chi connectivity index (χ4n) is 1.89. The molecule has 1 heterocycles. The van der Waals surface area contributed by atoms with Crippen molar-refractivity contribution < 1.29 is 5.11 Å². The lowest BCUT2D eigenvalue weighted by Gasteiger charge is -2.32. The van der Waals surface area contributed by atoms with Crippen molar-refractivity contribution in [1.82, 2.24) is 10.6 Å². The number of unbranched alkanes of at least 4 members (excludes halogenated alkanes) is 2. The molecule has 84 valence electrons. The van der Waals surface area contributed by atoms with E-state index in [4.69, 9.17) is 0 Å². The normalized spacial score (nSPS) is 21.0. The van der Waals surface area contributed by atoms with Crippen molar-refractivity contribution in [1.29, 1.82) is 0 Å². The molecular formula is C11H24N2O. The summed E-state index contributed by atoms with van der Waals surface area (Å²) in [6.07, 6.45) is 5.54. The van der Waals surface area contributed by atoms with E-state index in [9.17, 15) is 5.11 Å². The van der Waals surface area contributed by atoms with Crippen LogP contribution in [0.15, 0.2) is 0 Å². The Kier molecular flexibility index (Phi) is 5.45. The van der Waals surface area contributed by atoms with E-state index in [0.717, 1.165) is 39.0 Å². The van der Waals surface area contributed by atoms with Gasteiger partial charge in [-0.05, 0) is 38.9 Å². The highest BCUT2D eigenvalue weighted by Crippen LogP contribution is 2.16. The minimum absolute atomic E-state index is 0.447. The molecule has 1 fully saturated rings. The summed E-state index contributed by atoms with van der Waals surface area (Å²) in [6, 6.07) is 0. The van der Waals surface area contributed by atoms with Gasteiger partial charge in [-0.15, -0.1) is 0 Å². The summed E-state index contributed by atoms with van der Waals surface area (Å²) in [4.78, 5) is 0. The molecule has 3 heteroatoms. The summed E-state index contributed by atoms with van der Waals surface area (Å²) in [5.41, 5.74) is -0.447. The lowest BCUT2D eigenvalue weighted by molar-refractivity contribution is 0.0113. The first-order chi connectivity index (χ1) is 6.77. The van der Waals surface area contributed by atoms with Gasteiger partial charge in [-0.25, -0.2) is 0 Å². The molecule has 3 N–H and O–H groups in total. The Morgan fingerprint density at radius 1 is 1.29 bits per heavy atom. The van der Waals surface area contributed by atoms with Gasteiger partial charge in [0.2, 0.25) is 0 Å². The SMILES string of the molecule is CCCCCNCC1(O)CCNCC1. The molecule has 0 spiro atoms. The Morgan fingerprint density at radius 3 is 2.64 bits per heavy atom. The van der Waals surface area contributed by atoms with Crippen LogP contribution in [0.3, 0.4) is 0 Å². The number of nitrogens with one attached hydrogen (secondary N) is 2. The zero-order valence-corrected chi connectivity index (χ0v) is 9.31. The first-order valence-corrected chi connectivity index (χ1v) is 5.91. The number of hydrogen-bond acceptors (Lipinski definition) is 3. The monoisotopic (exact) mass is 200 g/mol. The minimum atomic E-state index is -0.447. The summed E-state index contributed by atoms with van der Waals surface area (Å²) < 4.78 is 0. The van der Waals surface area contributed by atoms with E-state index in [2.05, 4.69) is 17.6 Å². The molecule has 0 bridgehead atoms. The van der Waals surface area contributed by atoms with Crippen LogP contribution in [-0.4, -0.2) is 36.9 Å². The van der Waals surface area contributed by atoms with Crippen molar-refractivity contribution in [2.24, 2.45) is 0 Å². The second kappa shape index (κ2) is 6.38. The third-order valence-electron chi connectivity index (χ3n) is 2.95. The second-order valence-corrected chi connectivity index (χ2v) is 4.36. The average molecular weight is 200 g/mol. The van der Waals surface area contributed by atoms with Gasteiger partial charge < -0.3 is 15.7 Å². The van der Waals surface area contributed by atoms with Crippen LogP contribution in [-0.2, 0) is 0 Å². The highest BCUT2D eigenvalue weighted by molar-refractivity contribution is 4.86. The van der Waals surface area contributed by atoms with Crippen molar-refractivity contribution >= 4 is 0 Å². The standard InChI is InChI=1S/C11H24N2O/c1-2-3-4-7-13-10-11(14)5-8-12-9-6-11/h12-14H,2-10H2,1H3. The fraction of sp³-hybridized carbons (Fsp3) is 1.00. The van der Waals surface area contributed by atoms with Crippen LogP contribution in [0.4, 0.5) is 0 Å². The number of hydrogen-bond donors (Lipinski definition) is 3. The van der Waals surface area contributed by atoms with Gasteiger partial charge in [0.25, 0.3) is 0 Å². The van der Waals surface area contributed by atoms with E-state index in [1.54, 1.807) is 0 Å². The Labute approximate surface area is 87.3 Å². The molecule has 0 aromatic carbocycles. The Morgan fingerprint density at radius 2 is 2.00 bits per heavy atom.